The van der Waals surface area contributed by atoms with E-state index in [1.54, 1.807) is 0 Å². The lowest BCUT2D eigenvalue weighted by Crippen LogP contribution is -2.19. The fraction of sp³-hybridized carbons (Fsp3) is 0.231. The monoisotopic (exact) mass is 369 g/mol. The molecule has 28 heavy (non-hydrogen) atoms. The van der Waals surface area contributed by atoms with Crippen LogP contribution in [0.5, 0.6) is 5.75 Å². The Hall–Kier alpha value is -2.84. The van der Waals surface area contributed by atoms with Crippen LogP contribution in [-0.2, 0) is 0 Å². The Bertz CT molecular complexity index is 974. The third-order valence-electron chi connectivity index (χ3n) is 5.42. The molecule has 0 aliphatic heterocycles. The summed E-state index contributed by atoms with van der Waals surface area (Å²) >= 11 is 0. The average Bonchev–Trinajstić information content (AvgIpc) is 3.01. The topological polar surface area (TPSA) is 12.5 Å². The predicted molar refractivity (Wildman–Crippen MR) is 118 cm³/mol. The van der Waals surface area contributed by atoms with Crippen molar-refractivity contribution in [3.63, 3.8) is 0 Å². The average molecular weight is 370 g/mol. The van der Waals surface area contributed by atoms with Gasteiger partial charge in [0.2, 0.25) is 0 Å². The molecule has 0 N–H and O–H groups in total. The van der Waals surface area contributed by atoms with Crippen molar-refractivity contribution < 1.29 is 4.74 Å². The molecule has 2 nitrogen and oxygen atoms in total. The summed E-state index contributed by atoms with van der Waals surface area (Å²) in [4.78, 5) is 2.14. The van der Waals surface area contributed by atoms with Crippen molar-refractivity contribution in [2.75, 3.05) is 27.2 Å². The van der Waals surface area contributed by atoms with Crippen LogP contribution in [0, 0.1) is 0 Å². The molecule has 0 saturated heterocycles. The molecule has 0 fully saturated rings. The normalized spacial score (nSPS) is 15.8. The van der Waals surface area contributed by atoms with E-state index < -0.39 is 0 Å². The molecule has 1 unspecified atom stereocenters. The third-order valence-corrected chi connectivity index (χ3v) is 5.42. The summed E-state index contributed by atoms with van der Waals surface area (Å²) in [5.41, 5.74) is 7.97. The maximum atomic E-state index is 6.01. The first kappa shape index (κ1) is 18.5. The Morgan fingerprint density at radius 2 is 1.46 bits per heavy atom. The van der Waals surface area contributed by atoms with Gasteiger partial charge < -0.3 is 9.64 Å². The summed E-state index contributed by atoms with van der Waals surface area (Å²) < 4.78 is 6.01. The van der Waals surface area contributed by atoms with Gasteiger partial charge in [0.25, 0.3) is 0 Å². The van der Waals surface area contributed by atoms with E-state index in [2.05, 4.69) is 105 Å². The second-order valence-electron chi connectivity index (χ2n) is 7.64. The van der Waals surface area contributed by atoms with Gasteiger partial charge in [0.1, 0.15) is 12.4 Å². The van der Waals surface area contributed by atoms with Gasteiger partial charge in [0.15, 0.2) is 0 Å². The molecule has 0 spiro atoms. The number of nitrogens with zero attached hydrogens (tertiary/aromatic N) is 1. The fourth-order valence-corrected chi connectivity index (χ4v) is 4.01. The number of hydrogen-bond donors (Lipinski definition) is 0. The predicted octanol–water partition coefficient (Wildman–Crippen LogP) is 5.70. The molecule has 0 heterocycles. The minimum atomic E-state index is 0.324. The lowest BCUT2D eigenvalue weighted by Gasteiger charge is -2.14. The third kappa shape index (κ3) is 3.61. The zero-order valence-electron chi connectivity index (χ0n) is 16.9. The molecule has 0 radical (unpaired) electrons. The molecule has 3 aromatic rings. The highest BCUT2D eigenvalue weighted by atomic mass is 16.5. The van der Waals surface area contributed by atoms with E-state index in [9.17, 15) is 0 Å². The second-order valence-corrected chi connectivity index (χ2v) is 7.64. The van der Waals surface area contributed by atoms with Crippen molar-refractivity contribution in [1.29, 1.82) is 0 Å². The van der Waals surface area contributed by atoms with E-state index in [4.69, 9.17) is 4.74 Å². The van der Waals surface area contributed by atoms with Gasteiger partial charge in [-0.1, -0.05) is 73.7 Å². The Kier molecular flexibility index (Phi) is 5.31. The summed E-state index contributed by atoms with van der Waals surface area (Å²) in [6.07, 6.45) is 0. The van der Waals surface area contributed by atoms with Crippen molar-refractivity contribution in [3.8, 4) is 5.75 Å². The van der Waals surface area contributed by atoms with Crippen molar-refractivity contribution >= 4 is 11.1 Å². The van der Waals surface area contributed by atoms with Crippen LogP contribution in [0.3, 0.4) is 0 Å². The molecule has 0 bridgehead atoms. The van der Waals surface area contributed by atoms with Crippen LogP contribution in [0.1, 0.15) is 35.1 Å². The zero-order chi connectivity index (χ0) is 19.5. The summed E-state index contributed by atoms with van der Waals surface area (Å²) in [5.74, 6) is 1.28. The van der Waals surface area contributed by atoms with E-state index in [1.807, 2.05) is 0 Å². The summed E-state index contributed by atoms with van der Waals surface area (Å²) in [6.45, 7) is 3.92. The summed E-state index contributed by atoms with van der Waals surface area (Å²) in [7, 11) is 4.13. The SMILES string of the molecule is CC1C(c2ccccc2)=C(c2ccccc2)c2ccc(OCCN(C)C)cc21. The summed E-state index contributed by atoms with van der Waals surface area (Å²) in [6, 6.07) is 28.1. The van der Waals surface area contributed by atoms with Crippen molar-refractivity contribution in [3.05, 3.63) is 101 Å². The van der Waals surface area contributed by atoms with Gasteiger partial charge in [-0.15, -0.1) is 0 Å². The van der Waals surface area contributed by atoms with E-state index >= 15 is 0 Å². The maximum Gasteiger partial charge on any atom is 0.119 e. The Morgan fingerprint density at radius 3 is 2.11 bits per heavy atom. The van der Waals surface area contributed by atoms with Crippen LogP contribution in [-0.4, -0.2) is 32.1 Å². The minimum absolute atomic E-state index is 0.324. The van der Waals surface area contributed by atoms with Gasteiger partial charge in [-0.3, -0.25) is 0 Å². The molecular formula is C26H27NO. The second kappa shape index (κ2) is 8.04. The number of ether oxygens (including phenoxy) is 1. The molecule has 1 atom stereocenters. The number of likely N-dealkylation sites (N-methyl/N-ethyl adjacent to an activating group) is 1. The van der Waals surface area contributed by atoms with E-state index in [-0.39, 0.29) is 0 Å². The van der Waals surface area contributed by atoms with Crippen LogP contribution in [0.25, 0.3) is 11.1 Å². The van der Waals surface area contributed by atoms with E-state index in [0.29, 0.717) is 12.5 Å². The molecule has 1 aliphatic carbocycles. The number of rotatable bonds is 6. The van der Waals surface area contributed by atoms with E-state index in [1.165, 1.54) is 33.4 Å². The molecule has 142 valence electrons. The van der Waals surface area contributed by atoms with Crippen LogP contribution in [0.15, 0.2) is 78.9 Å². The molecule has 0 aromatic heterocycles. The minimum Gasteiger partial charge on any atom is -0.492 e. The van der Waals surface area contributed by atoms with Crippen molar-refractivity contribution in [1.82, 2.24) is 4.90 Å². The highest BCUT2D eigenvalue weighted by molar-refractivity contribution is 6.05. The molecule has 4 rings (SSSR count). The highest BCUT2D eigenvalue weighted by Gasteiger charge is 2.30. The quantitative estimate of drug-likeness (QED) is 0.552. The standard InChI is InChI=1S/C26H27NO/c1-19-24-18-22(28-17-16-27(2)3)14-15-23(24)26(21-12-8-5-9-13-21)25(19)20-10-6-4-7-11-20/h4-15,18-19H,16-17H2,1-3H3. The first-order chi connectivity index (χ1) is 13.6. The lowest BCUT2D eigenvalue weighted by molar-refractivity contribution is 0.261. The first-order valence-corrected chi connectivity index (χ1v) is 9.92. The fourth-order valence-electron chi connectivity index (χ4n) is 4.01. The molecule has 0 amide bonds. The number of fused-ring (bicyclic) bond motifs is 1. The van der Waals surface area contributed by atoms with Crippen LogP contribution in [0.4, 0.5) is 0 Å². The maximum absolute atomic E-state index is 6.01. The van der Waals surface area contributed by atoms with Crippen molar-refractivity contribution in [2.24, 2.45) is 0 Å². The lowest BCUT2D eigenvalue weighted by atomic mass is 9.91. The smallest absolute Gasteiger partial charge is 0.119 e. The van der Waals surface area contributed by atoms with Crippen LogP contribution in [0.2, 0.25) is 0 Å². The largest absolute Gasteiger partial charge is 0.492 e. The Labute approximate surface area is 168 Å². The highest BCUT2D eigenvalue weighted by Crippen LogP contribution is 2.50. The summed E-state index contributed by atoms with van der Waals surface area (Å²) in [5, 5.41) is 0. The van der Waals surface area contributed by atoms with Gasteiger partial charge in [-0.25, -0.2) is 0 Å². The van der Waals surface area contributed by atoms with Gasteiger partial charge in [0, 0.05) is 12.5 Å². The van der Waals surface area contributed by atoms with Gasteiger partial charge >= 0.3 is 0 Å². The Morgan fingerprint density at radius 1 is 0.821 bits per heavy atom. The van der Waals surface area contributed by atoms with Gasteiger partial charge in [0.05, 0.1) is 0 Å². The molecular weight excluding hydrogens is 342 g/mol. The van der Waals surface area contributed by atoms with Gasteiger partial charge in [-0.05, 0) is 59.6 Å². The van der Waals surface area contributed by atoms with E-state index in [0.717, 1.165) is 12.3 Å². The van der Waals surface area contributed by atoms with Crippen LogP contribution < -0.4 is 4.74 Å². The number of hydrogen-bond acceptors (Lipinski definition) is 2. The molecule has 3 aromatic carbocycles. The van der Waals surface area contributed by atoms with Gasteiger partial charge in [-0.2, -0.15) is 0 Å². The molecule has 2 heteroatoms. The molecule has 0 saturated carbocycles. The van der Waals surface area contributed by atoms with Crippen LogP contribution >= 0.6 is 0 Å². The Balaban J connectivity index is 1.77. The molecule has 1 aliphatic rings. The number of allylic oxidation sites excluding steroid dienone is 1. The first-order valence-electron chi connectivity index (χ1n) is 9.92. The van der Waals surface area contributed by atoms with Crippen molar-refractivity contribution in [2.45, 2.75) is 12.8 Å². The number of benzene rings is 3. The zero-order valence-corrected chi connectivity index (χ0v) is 16.9.